The van der Waals surface area contributed by atoms with Gasteiger partial charge in [-0.15, -0.1) is 0 Å². The highest BCUT2D eigenvalue weighted by Gasteiger charge is 2.29. The van der Waals surface area contributed by atoms with E-state index in [-0.39, 0.29) is 11.2 Å². The van der Waals surface area contributed by atoms with Crippen molar-refractivity contribution >= 4 is 28.7 Å². The molecule has 1 fully saturated rings. The van der Waals surface area contributed by atoms with Gasteiger partial charge in [-0.25, -0.2) is 4.98 Å². The molecule has 1 amide bonds. The first-order valence-electron chi connectivity index (χ1n) is 8.28. The molecule has 0 bridgehead atoms. The van der Waals surface area contributed by atoms with Crippen LogP contribution in [0, 0.1) is 0 Å². The van der Waals surface area contributed by atoms with Crippen LogP contribution in [0.5, 0.6) is 5.75 Å². The third kappa shape index (κ3) is 3.64. The minimum Gasteiger partial charge on any atom is -0.497 e. The van der Waals surface area contributed by atoms with Crippen molar-refractivity contribution in [1.29, 1.82) is 0 Å². The number of aromatic nitrogens is 2. The van der Waals surface area contributed by atoms with Gasteiger partial charge in [-0.05, 0) is 30.5 Å². The fraction of sp³-hybridized carbons (Fsp3) is 0.263. The molecule has 4 rings (SSSR count). The van der Waals surface area contributed by atoms with Crippen LogP contribution in [0.25, 0.3) is 11.0 Å². The minimum absolute atomic E-state index is 0.0386. The van der Waals surface area contributed by atoms with Crippen molar-refractivity contribution in [2.45, 2.75) is 29.3 Å². The van der Waals surface area contributed by atoms with Gasteiger partial charge in [-0.3, -0.25) is 4.79 Å². The second-order valence-corrected chi connectivity index (χ2v) is 7.21. The highest BCUT2D eigenvalue weighted by atomic mass is 32.2. The number of carbonyl (C=O) groups excluding carboxylic acids is 1. The van der Waals surface area contributed by atoms with Crippen LogP contribution in [-0.4, -0.2) is 29.0 Å². The quantitative estimate of drug-likeness (QED) is 0.663. The Morgan fingerprint density at radius 3 is 2.80 bits per heavy atom. The van der Waals surface area contributed by atoms with Gasteiger partial charge in [0.15, 0.2) is 5.16 Å². The van der Waals surface area contributed by atoms with Crippen LogP contribution in [0.1, 0.15) is 23.7 Å². The first-order valence-corrected chi connectivity index (χ1v) is 9.16. The number of hydrogen-bond acceptors (Lipinski definition) is 4. The highest BCUT2D eigenvalue weighted by Crippen LogP contribution is 2.36. The molecule has 1 heterocycles. The molecule has 2 N–H and O–H groups in total. The number of benzene rings is 2. The molecular weight excluding hydrogens is 334 g/mol. The molecule has 1 saturated carbocycles. The van der Waals surface area contributed by atoms with E-state index in [0.717, 1.165) is 40.3 Å². The Kier molecular flexibility index (Phi) is 4.36. The molecule has 0 spiro atoms. The van der Waals surface area contributed by atoms with Crippen molar-refractivity contribution in [1.82, 2.24) is 15.3 Å². The lowest BCUT2D eigenvalue weighted by Gasteiger charge is -2.15. The average Bonchev–Trinajstić information content (AvgIpc) is 3.36. The van der Waals surface area contributed by atoms with Crippen LogP contribution in [0.4, 0.5) is 0 Å². The van der Waals surface area contributed by atoms with Gasteiger partial charge >= 0.3 is 0 Å². The van der Waals surface area contributed by atoms with Crippen molar-refractivity contribution in [3.05, 3.63) is 54.1 Å². The van der Waals surface area contributed by atoms with E-state index >= 15 is 0 Å². The van der Waals surface area contributed by atoms with Crippen LogP contribution in [-0.2, 0) is 4.79 Å². The van der Waals surface area contributed by atoms with Crippen LogP contribution < -0.4 is 10.1 Å². The van der Waals surface area contributed by atoms with Crippen LogP contribution in [0.3, 0.4) is 0 Å². The van der Waals surface area contributed by atoms with Crippen LogP contribution in [0.15, 0.2) is 53.7 Å². The minimum atomic E-state index is -0.329. The molecule has 3 aromatic rings. The zero-order valence-corrected chi connectivity index (χ0v) is 14.7. The Morgan fingerprint density at radius 2 is 2.08 bits per heavy atom. The molecule has 1 atom stereocenters. The van der Waals surface area contributed by atoms with E-state index in [1.165, 1.54) is 11.8 Å². The number of ether oxygens (including phenoxy) is 1. The first kappa shape index (κ1) is 16.0. The smallest absolute Gasteiger partial charge is 0.238 e. The number of rotatable bonds is 6. The number of H-pyrrole nitrogens is 1. The zero-order valence-electron chi connectivity index (χ0n) is 13.9. The average molecular weight is 353 g/mol. The number of imidazole rings is 1. The number of carbonyl (C=O) groups is 1. The maximum atomic E-state index is 12.7. The molecule has 1 aliphatic rings. The van der Waals surface area contributed by atoms with Crippen molar-refractivity contribution in [2.75, 3.05) is 7.11 Å². The summed E-state index contributed by atoms with van der Waals surface area (Å²) in [5.74, 6) is 0.815. The molecule has 2 aromatic carbocycles. The van der Waals surface area contributed by atoms with Gasteiger partial charge in [0.1, 0.15) is 11.0 Å². The molecule has 25 heavy (non-hydrogen) atoms. The van der Waals surface area contributed by atoms with Crippen molar-refractivity contribution < 1.29 is 9.53 Å². The number of aromatic amines is 1. The Hall–Kier alpha value is -2.47. The number of nitrogens with one attached hydrogen (secondary N) is 2. The number of hydrogen-bond donors (Lipinski definition) is 2. The third-order valence-corrected chi connectivity index (χ3v) is 5.30. The summed E-state index contributed by atoms with van der Waals surface area (Å²) in [4.78, 5) is 20.6. The molecular formula is C19H19N3O2S. The lowest BCUT2D eigenvalue weighted by atomic mass is 10.1. The van der Waals surface area contributed by atoms with Crippen molar-refractivity contribution in [2.24, 2.45) is 0 Å². The largest absolute Gasteiger partial charge is 0.497 e. The van der Waals surface area contributed by atoms with Gasteiger partial charge in [0, 0.05) is 12.1 Å². The maximum Gasteiger partial charge on any atom is 0.238 e. The molecule has 5 nitrogen and oxygen atoms in total. The zero-order chi connectivity index (χ0) is 17.2. The third-order valence-electron chi connectivity index (χ3n) is 4.16. The summed E-state index contributed by atoms with van der Waals surface area (Å²) in [7, 11) is 1.64. The summed E-state index contributed by atoms with van der Waals surface area (Å²) in [6, 6.07) is 15.9. The van der Waals surface area contributed by atoms with E-state index < -0.39 is 0 Å². The van der Waals surface area contributed by atoms with Gasteiger partial charge in [0.2, 0.25) is 5.91 Å². The number of fused-ring (bicyclic) bond motifs is 1. The normalized spacial score (nSPS) is 15.1. The molecule has 1 aliphatic carbocycles. The fourth-order valence-corrected chi connectivity index (χ4v) is 3.68. The van der Waals surface area contributed by atoms with Gasteiger partial charge in [0.05, 0.1) is 18.1 Å². The summed E-state index contributed by atoms with van der Waals surface area (Å²) in [6.45, 7) is 0. The Bertz CT molecular complexity index is 890. The Labute approximate surface area is 150 Å². The molecule has 0 aliphatic heterocycles. The standard InChI is InChI=1S/C19H19N3O2S/c1-24-14-9-10-15-16(11-14)22-19(21-15)25-17(12-5-3-2-4-6-12)18(23)20-13-7-8-13/h2-6,9-11,13,17H,7-8H2,1H3,(H,20,23)(H,21,22)/t17-/m1/s1. The Balaban J connectivity index is 1.62. The summed E-state index contributed by atoms with van der Waals surface area (Å²) >= 11 is 1.44. The number of nitrogens with zero attached hydrogens (tertiary/aromatic N) is 1. The molecule has 6 heteroatoms. The lowest BCUT2D eigenvalue weighted by molar-refractivity contribution is -0.120. The van der Waals surface area contributed by atoms with Crippen LogP contribution >= 0.6 is 11.8 Å². The van der Waals surface area contributed by atoms with Gasteiger partial charge < -0.3 is 15.0 Å². The van der Waals surface area contributed by atoms with E-state index in [4.69, 9.17) is 4.74 Å². The summed E-state index contributed by atoms with van der Waals surface area (Å²) < 4.78 is 5.25. The Morgan fingerprint density at radius 1 is 1.28 bits per heavy atom. The number of amides is 1. The predicted molar refractivity (Wildman–Crippen MR) is 98.9 cm³/mol. The topological polar surface area (TPSA) is 67.0 Å². The SMILES string of the molecule is COc1ccc2nc(S[C@@H](C(=O)NC3CC3)c3ccccc3)[nH]c2c1. The monoisotopic (exact) mass is 353 g/mol. The number of methoxy groups -OCH3 is 1. The van der Waals surface area contributed by atoms with E-state index in [1.807, 2.05) is 48.5 Å². The maximum absolute atomic E-state index is 12.7. The highest BCUT2D eigenvalue weighted by molar-refractivity contribution is 8.00. The summed E-state index contributed by atoms with van der Waals surface area (Å²) in [5.41, 5.74) is 2.73. The second kappa shape index (κ2) is 6.80. The van der Waals surface area contributed by atoms with E-state index in [9.17, 15) is 4.79 Å². The summed E-state index contributed by atoms with van der Waals surface area (Å²) in [5, 5.41) is 3.50. The van der Waals surface area contributed by atoms with E-state index in [1.54, 1.807) is 7.11 Å². The lowest BCUT2D eigenvalue weighted by Crippen LogP contribution is -2.29. The fourth-order valence-electron chi connectivity index (χ4n) is 2.67. The second-order valence-electron chi connectivity index (χ2n) is 6.12. The van der Waals surface area contributed by atoms with Gasteiger partial charge in [-0.2, -0.15) is 0 Å². The number of thioether (sulfide) groups is 1. The predicted octanol–water partition coefficient (Wildman–Crippen LogP) is 3.68. The van der Waals surface area contributed by atoms with Gasteiger partial charge in [0.25, 0.3) is 0 Å². The van der Waals surface area contributed by atoms with Crippen molar-refractivity contribution in [3.8, 4) is 5.75 Å². The molecule has 0 saturated heterocycles. The molecule has 0 unspecified atom stereocenters. The molecule has 1 aromatic heterocycles. The molecule has 128 valence electrons. The first-order chi connectivity index (χ1) is 12.2. The van der Waals surface area contributed by atoms with Crippen LogP contribution in [0.2, 0.25) is 0 Å². The van der Waals surface area contributed by atoms with Crippen molar-refractivity contribution in [3.63, 3.8) is 0 Å². The van der Waals surface area contributed by atoms with E-state index in [2.05, 4.69) is 15.3 Å². The molecule has 0 radical (unpaired) electrons. The van der Waals surface area contributed by atoms with Gasteiger partial charge in [-0.1, -0.05) is 42.1 Å². The summed E-state index contributed by atoms with van der Waals surface area (Å²) in [6.07, 6.45) is 2.14. The van der Waals surface area contributed by atoms with E-state index in [0.29, 0.717) is 6.04 Å².